The quantitative estimate of drug-likeness (QED) is 0.793. The molecule has 1 rings (SSSR count). The lowest BCUT2D eigenvalue weighted by atomic mass is 9.94. The summed E-state index contributed by atoms with van der Waals surface area (Å²) in [6.45, 7) is 7.61. The summed E-state index contributed by atoms with van der Waals surface area (Å²) in [5.74, 6) is 0. The highest BCUT2D eigenvalue weighted by Gasteiger charge is 2.28. The number of nitrogens with one attached hydrogen (secondary N) is 1. The van der Waals surface area contributed by atoms with Gasteiger partial charge in [0.05, 0.1) is 6.07 Å². The Morgan fingerprint density at radius 2 is 1.94 bits per heavy atom. The zero-order valence-corrected chi connectivity index (χ0v) is 11.1. The van der Waals surface area contributed by atoms with Crippen molar-refractivity contribution in [1.29, 1.82) is 5.26 Å². The van der Waals surface area contributed by atoms with Gasteiger partial charge in [-0.1, -0.05) is 6.42 Å². The highest BCUT2D eigenvalue weighted by Crippen LogP contribution is 2.23. The van der Waals surface area contributed by atoms with Crippen LogP contribution in [-0.2, 0) is 0 Å². The molecule has 1 aliphatic rings. The van der Waals surface area contributed by atoms with E-state index in [0.717, 1.165) is 13.0 Å². The summed E-state index contributed by atoms with van der Waals surface area (Å²) in [5, 5.41) is 12.2. The Balaban J connectivity index is 2.50. The minimum Gasteiger partial charge on any atom is -0.303 e. The molecule has 3 unspecified atom stereocenters. The van der Waals surface area contributed by atoms with Crippen molar-refractivity contribution in [2.45, 2.75) is 64.1 Å². The van der Waals surface area contributed by atoms with E-state index < -0.39 is 0 Å². The summed E-state index contributed by atoms with van der Waals surface area (Å²) in [7, 11) is 1.87. The monoisotopic (exact) mass is 223 g/mol. The standard InChI is InChI=1S/C13H25N3/c1-11-6-5-7-12(2)16(11)9-8-13(3,10-14)15-4/h11-12,15H,5-9H2,1-4H3. The van der Waals surface area contributed by atoms with Gasteiger partial charge in [-0.3, -0.25) is 4.90 Å². The van der Waals surface area contributed by atoms with Gasteiger partial charge in [0.2, 0.25) is 0 Å². The smallest absolute Gasteiger partial charge is 0.104 e. The van der Waals surface area contributed by atoms with Gasteiger partial charge in [0.1, 0.15) is 5.54 Å². The third-order valence-corrected chi connectivity index (χ3v) is 4.04. The first-order chi connectivity index (χ1) is 7.52. The summed E-state index contributed by atoms with van der Waals surface area (Å²) in [6, 6.07) is 3.70. The van der Waals surface area contributed by atoms with E-state index in [2.05, 4.69) is 30.1 Å². The Morgan fingerprint density at radius 3 is 2.38 bits per heavy atom. The molecule has 1 N–H and O–H groups in total. The van der Waals surface area contributed by atoms with Crippen LogP contribution in [0.2, 0.25) is 0 Å². The third-order valence-electron chi connectivity index (χ3n) is 4.04. The number of hydrogen-bond acceptors (Lipinski definition) is 3. The van der Waals surface area contributed by atoms with E-state index in [4.69, 9.17) is 5.26 Å². The van der Waals surface area contributed by atoms with Crippen molar-refractivity contribution in [3.63, 3.8) is 0 Å². The highest BCUT2D eigenvalue weighted by atomic mass is 15.2. The minimum atomic E-state index is -0.378. The molecule has 0 radical (unpaired) electrons. The maximum atomic E-state index is 9.12. The van der Waals surface area contributed by atoms with Gasteiger partial charge >= 0.3 is 0 Å². The van der Waals surface area contributed by atoms with E-state index in [-0.39, 0.29) is 5.54 Å². The van der Waals surface area contributed by atoms with E-state index in [0.29, 0.717) is 12.1 Å². The van der Waals surface area contributed by atoms with Gasteiger partial charge in [-0.25, -0.2) is 0 Å². The molecule has 0 saturated carbocycles. The first kappa shape index (κ1) is 13.5. The summed E-state index contributed by atoms with van der Waals surface area (Å²) in [5.41, 5.74) is -0.378. The predicted molar refractivity (Wildman–Crippen MR) is 67.2 cm³/mol. The Hall–Kier alpha value is -0.590. The molecule has 3 atom stereocenters. The fourth-order valence-corrected chi connectivity index (χ4v) is 2.51. The average molecular weight is 223 g/mol. The molecule has 3 nitrogen and oxygen atoms in total. The SMILES string of the molecule is CNC(C)(C#N)CCN1C(C)CCCC1C. The van der Waals surface area contributed by atoms with Crippen LogP contribution >= 0.6 is 0 Å². The second-order valence-electron chi connectivity index (χ2n) is 5.31. The van der Waals surface area contributed by atoms with E-state index in [1.165, 1.54) is 19.3 Å². The number of hydrogen-bond donors (Lipinski definition) is 1. The molecule has 1 saturated heterocycles. The van der Waals surface area contributed by atoms with Gasteiger partial charge in [0, 0.05) is 18.6 Å². The lowest BCUT2D eigenvalue weighted by Crippen LogP contribution is -2.48. The number of nitrogens with zero attached hydrogens (tertiary/aromatic N) is 2. The molecule has 0 aromatic rings. The second kappa shape index (κ2) is 5.65. The molecule has 0 aromatic heterocycles. The van der Waals surface area contributed by atoms with Crippen LogP contribution in [-0.4, -0.2) is 36.1 Å². The van der Waals surface area contributed by atoms with Gasteiger partial charge in [-0.15, -0.1) is 0 Å². The van der Waals surface area contributed by atoms with Crippen molar-refractivity contribution in [3.8, 4) is 6.07 Å². The summed E-state index contributed by atoms with van der Waals surface area (Å²) >= 11 is 0. The van der Waals surface area contributed by atoms with E-state index in [1.807, 2.05) is 14.0 Å². The summed E-state index contributed by atoms with van der Waals surface area (Å²) in [6.07, 6.45) is 4.84. The Bertz CT molecular complexity index is 248. The molecule has 0 aromatic carbocycles. The molecular weight excluding hydrogens is 198 g/mol. The minimum absolute atomic E-state index is 0.378. The molecule has 16 heavy (non-hydrogen) atoms. The van der Waals surface area contributed by atoms with E-state index in [9.17, 15) is 0 Å². The largest absolute Gasteiger partial charge is 0.303 e. The normalized spacial score (nSPS) is 30.7. The topological polar surface area (TPSA) is 39.1 Å². The first-order valence-corrected chi connectivity index (χ1v) is 6.38. The van der Waals surface area contributed by atoms with Crippen molar-refractivity contribution in [1.82, 2.24) is 10.2 Å². The van der Waals surface area contributed by atoms with Crippen LogP contribution in [0.1, 0.15) is 46.5 Å². The highest BCUT2D eigenvalue weighted by molar-refractivity contribution is 5.03. The number of likely N-dealkylation sites (tertiary alicyclic amines) is 1. The molecule has 0 spiro atoms. The maximum absolute atomic E-state index is 9.12. The van der Waals surface area contributed by atoms with Gasteiger partial charge in [0.25, 0.3) is 0 Å². The fourth-order valence-electron chi connectivity index (χ4n) is 2.51. The summed E-state index contributed by atoms with van der Waals surface area (Å²) in [4.78, 5) is 2.55. The van der Waals surface area contributed by atoms with Gasteiger partial charge in [0.15, 0.2) is 0 Å². The van der Waals surface area contributed by atoms with Gasteiger partial charge in [-0.05, 0) is 47.1 Å². The molecule has 0 bridgehead atoms. The van der Waals surface area contributed by atoms with Crippen LogP contribution in [0.15, 0.2) is 0 Å². The zero-order valence-electron chi connectivity index (χ0n) is 11.1. The second-order valence-corrected chi connectivity index (χ2v) is 5.31. The van der Waals surface area contributed by atoms with Crippen molar-refractivity contribution < 1.29 is 0 Å². The van der Waals surface area contributed by atoms with Crippen molar-refractivity contribution >= 4 is 0 Å². The van der Waals surface area contributed by atoms with E-state index in [1.54, 1.807) is 0 Å². The Morgan fingerprint density at radius 1 is 1.38 bits per heavy atom. The molecule has 1 aliphatic heterocycles. The predicted octanol–water partition coefficient (Wildman–Crippen LogP) is 2.14. The molecule has 1 fully saturated rings. The molecule has 0 amide bonds. The van der Waals surface area contributed by atoms with Crippen molar-refractivity contribution in [2.75, 3.05) is 13.6 Å². The van der Waals surface area contributed by atoms with Crippen molar-refractivity contribution in [2.24, 2.45) is 0 Å². The Kier molecular flexibility index (Phi) is 4.76. The van der Waals surface area contributed by atoms with E-state index >= 15 is 0 Å². The molecule has 92 valence electrons. The van der Waals surface area contributed by atoms with Crippen molar-refractivity contribution in [3.05, 3.63) is 0 Å². The first-order valence-electron chi connectivity index (χ1n) is 6.38. The number of piperidine rings is 1. The van der Waals surface area contributed by atoms with Crippen LogP contribution in [0, 0.1) is 11.3 Å². The molecular formula is C13H25N3. The summed E-state index contributed by atoms with van der Waals surface area (Å²) < 4.78 is 0. The molecule has 1 heterocycles. The molecule has 0 aliphatic carbocycles. The lowest BCUT2D eigenvalue weighted by molar-refractivity contribution is 0.0956. The van der Waals surface area contributed by atoms with Crippen LogP contribution < -0.4 is 5.32 Å². The van der Waals surface area contributed by atoms with Crippen LogP contribution in [0.5, 0.6) is 0 Å². The average Bonchev–Trinajstić information content (AvgIpc) is 2.28. The number of nitriles is 1. The van der Waals surface area contributed by atoms with Crippen LogP contribution in [0.4, 0.5) is 0 Å². The molecule has 3 heteroatoms. The van der Waals surface area contributed by atoms with Gasteiger partial charge < -0.3 is 5.32 Å². The van der Waals surface area contributed by atoms with Gasteiger partial charge in [-0.2, -0.15) is 5.26 Å². The van der Waals surface area contributed by atoms with Crippen LogP contribution in [0.25, 0.3) is 0 Å². The Labute approximate surface area is 99.8 Å². The fraction of sp³-hybridized carbons (Fsp3) is 0.923. The third kappa shape index (κ3) is 3.20. The maximum Gasteiger partial charge on any atom is 0.104 e. The zero-order chi connectivity index (χ0) is 12.2. The number of rotatable bonds is 4. The lowest BCUT2D eigenvalue weighted by Gasteiger charge is -2.40. The van der Waals surface area contributed by atoms with Crippen LogP contribution in [0.3, 0.4) is 0 Å².